The normalized spacial score (nSPS) is 14.5. The molecule has 12 nitrogen and oxygen atoms in total. The minimum atomic E-state index is -5.66. The molecule has 0 unspecified atom stereocenters. The average molecular weight is 729 g/mol. The van der Waals surface area contributed by atoms with Gasteiger partial charge >= 0.3 is 18.4 Å². The minimum absolute atomic E-state index is 0.0493. The Hall–Kier alpha value is -4.17. The molecule has 0 saturated heterocycles. The zero-order valence-corrected chi connectivity index (χ0v) is 27.3. The predicted molar refractivity (Wildman–Crippen MR) is 158 cm³/mol. The van der Waals surface area contributed by atoms with Crippen molar-refractivity contribution in [2.45, 2.75) is 63.1 Å². The second-order valence-electron chi connectivity index (χ2n) is 11.1. The molecule has 1 N–H and O–H groups in total. The van der Waals surface area contributed by atoms with Gasteiger partial charge in [-0.15, -0.1) is 13.2 Å². The van der Waals surface area contributed by atoms with Crippen molar-refractivity contribution in [2.75, 3.05) is 52.5 Å². The third-order valence-corrected chi connectivity index (χ3v) is 7.93. The van der Waals surface area contributed by atoms with Crippen LogP contribution in [-0.4, -0.2) is 97.2 Å². The van der Waals surface area contributed by atoms with Crippen molar-refractivity contribution >= 4 is 23.6 Å². The van der Waals surface area contributed by atoms with E-state index in [1.165, 1.54) is 7.05 Å². The number of likely N-dealkylation sites (N-methyl/N-ethyl adjacent to an activating group) is 1. The number of hydrogen-bond donors (Lipinski definition) is 1. The van der Waals surface area contributed by atoms with Crippen LogP contribution in [0.15, 0.2) is 24.5 Å². The number of nitrogens with zero attached hydrogens (tertiary/aromatic N) is 5. The van der Waals surface area contributed by atoms with E-state index in [2.05, 4.69) is 15.3 Å². The zero-order chi connectivity index (χ0) is 37.3. The molecule has 3 rings (SSSR count). The Bertz CT molecular complexity index is 1490. The molecule has 0 bridgehead atoms. The number of alkyl halides is 6. The van der Waals surface area contributed by atoms with E-state index >= 15 is 8.78 Å². The van der Waals surface area contributed by atoms with Gasteiger partial charge in [0, 0.05) is 38.9 Å². The lowest BCUT2D eigenvalue weighted by molar-refractivity contribution is -0.179. The van der Waals surface area contributed by atoms with Crippen LogP contribution in [0.1, 0.15) is 49.8 Å². The summed E-state index contributed by atoms with van der Waals surface area (Å²) < 4.78 is 127. The molecule has 1 saturated carbocycles. The van der Waals surface area contributed by atoms with Crippen LogP contribution in [0.4, 0.5) is 40.9 Å². The van der Waals surface area contributed by atoms with Crippen molar-refractivity contribution in [2.24, 2.45) is 0 Å². The Kier molecular flexibility index (Phi) is 13.8. The summed E-state index contributed by atoms with van der Waals surface area (Å²) in [6, 6.07) is 2.00. The Morgan fingerprint density at radius 3 is 2.22 bits per heavy atom. The number of ether oxygens (including phenoxy) is 3. The standard InChI is InChI=1S/C30H36F8N6O6/c1-42(28(27(47)49-3)9-4-5-10-28)43(17-19-7-8-20(26(32)25(19)31)50-14-12-39-11-6-13-48-2)23(45)16-24(46)44(30(36,37)38)22-15-21(29(33,34)35)40-18-41-22/h7-8,15,18,39H,4-6,9-14,16-17H2,1-3H3. The highest BCUT2D eigenvalue weighted by Crippen LogP contribution is 2.38. The van der Waals surface area contributed by atoms with E-state index in [9.17, 15) is 40.7 Å². The van der Waals surface area contributed by atoms with Crippen molar-refractivity contribution in [3.05, 3.63) is 47.4 Å². The number of halogens is 8. The van der Waals surface area contributed by atoms with Gasteiger partial charge in [-0.3, -0.25) is 14.6 Å². The number of hydrogen-bond acceptors (Lipinski definition) is 10. The molecule has 1 aromatic heterocycles. The fourth-order valence-electron chi connectivity index (χ4n) is 5.39. The largest absolute Gasteiger partial charge is 0.492 e. The first-order valence-electron chi connectivity index (χ1n) is 15.2. The average Bonchev–Trinajstić information content (AvgIpc) is 3.55. The molecule has 0 radical (unpaired) electrons. The van der Waals surface area contributed by atoms with Crippen molar-refractivity contribution in [3.8, 4) is 5.75 Å². The van der Waals surface area contributed by atoms with Crippen molar-refractivity contribution in [1.29, 1.82) is 0 Å². The Morgan fingerprint density at radius 1 is 0.940 bits per heavy atom. The smallest absolute Gasteiger partial charge is 0.489 e. The van der Waals surface area contributed by atoms with E-state index in [0.717, 1.165) is 24.3 Å². The molecule has 50 heavy (non-hydrogen) atoms. The first-order valence-corrected chi connectivity index (χ1v) is 15.2. The van der Waals surface area contributed by atoms with E-state index < -0.39 is 88.1 Å². The van der Waals surface area contributed by atoms with Crippen LogP contribution >= 0.6 is 0 Å². The molecule has 0 spiro atoms. The van der Waals surface area contributed by atoms with Gasteiger partial charge in [-0.1, -0.05) is 18.9 Å². The second-order valence-corrected chi connectivity index (χ2v) is 11.1. The topological polar surface area (TPSA) is 126 Å². The van der Waals surface area contributed by atoms with E-state index in [1.807, 2.05) is 0 Å². The van der Waals surface area contributed by atoms with Gasteiger partial charge in [-0.25, -0.2) is 29.1 Å². The maximum absolute atomic E-state index is 15.4. The maximum Gasteiger partial charge on any atom is 0.492 e. The lowest BCUT2D eigenvalue weighted by atomic mass is 9.97. The number of benzene rings is 1. The van der Waals surface area contributed by atoms with Crippen molar-refractivity contribution in [3.63, 3.8) is 0 Å². The number of carbonyl (C=O) groups is 3. The highest BCUT2D eigenvalue weighted by atomic mass is 19.4. The first kappa shape index (κ1) is 40.3. The third-order valence-electron chi connectivity index (χ3n) is 7.93. The van der Waals surface area contributed by atoms with Gasteiger partial charge in [0.1, 0.15) is 36.4 Å². The number of anilines is 1. The van der Waals surface area contributed by atoms with Crippen molar-refractivity contribution < 1.29 is 63.7 Å². The number of aromatic nitrogens is 2. The summed E-state index contributed by atoms with van der Waals surface area (Å²) in [6.07, 6.45) is -10.5. The SMILES string of the molecule is COCCCNCCOc1ccc(CN(C(=O)CC(=O)N(c2cc(C(F)(F)F)ncn2)C(F)(F)F)N(C)C2(C(=O)OC)CCCC2)c(F)c1F. The minimum Gasteiger partial charge on any atom is -0.489 e. The van der Waals surface area contributed by atoms with Crippen LogP contribution in [0, 0.1) is 11.6 Å². The van der Waals surface area contributed by atoms with Crippen LogP contribution in [0.3, 0.4) is 0 Å². The summed E-state index contributed by atoms with van der Waals surface area (Å²) in [7, 11) is 3.80. The number of rotatable bonds is 16. The molecule has 0 atom stereocenters. The molecule has 278 valence electrons. The molecule has 2 aromatic rings. The van der Waals surface area contributed by atoms with Crippen LogP contribution < -0.4 is 15.0 Å². The first-order chi connectivity index (χ1) is 23.5. The molecule has 20 heteroatoms. The Morgan fingerprint density at radius 2 is 1.62 bits per heavy atom. The van der Waals surface area contributed by atoms with E-state index in [1.54, 1.807) is 7.11 Å². The molecule has 2 amide bonds. The highest BCUT2D eigenvalue weighted by molar-refractivity contribution is 6.05. The van der Waals surface area contributed by atoms with E-state index in [0.29, 0.717) is 37.4 Å². The molecule has 1 aromatic carbocycles. The van der Waals surface area contributed by atoms with Gasteiger partial charge in [0.05, 0.1) is 13.7 Å². The van der Waals surface area contributed by atoms with Crippen LogP contribution in [0.5, 0.6) is 5.75 Å². The van der Waals surface area contributed by atoms with Crippen molar-refractivity contribution in [1.82, 2.24) is 25.3 Å². The maximum atomic E-state index is 15.4. The number of amides is 2. The quantitative estimate of drug-likeness (QED) is 0.0665. The van der Waals surface area contributed by atoms with Crippen LogP contribution in [0.25, 0.3) is 0 Å². The lowest BCUT2D eigenvalue weighted by Crippen LogP contribution is -2.60. The molecule has 1 aliphatic rings. The van der Waals surface area contributed by atoms with Gasteiger partial charge in [-0.05, 0) is 31.9 Å². The number of hydrazine groups is 1. The molecular weight excluding hydrogens is 692 g/mol. The Balaban J connectivity index is 1.94. The zero-order valence-electron chi connectivity index (χ0n) is 27.3. The van der Waals surface area contributed by atoms with Gasteiger partial charge in [0.25, 0.3) is 0 Å². The number of esters is 1. The monoisotopic (exact) mass is 728 g/mol. The third kappa shape index (κ3) is 9.75. The molecule has 1 aliphatic carbocycles. The summed E-state index contributed by atoms with van der Waals surface area (Å²) in [5, 5.41) is 4.61. The summed E-state index contributed by atoms with van der Waals surface area (Å²) in [5.74, 6) is -9.26. The van der Waals surface area contributed by atoms with Gasteiger partial charge < -0.3 is 19.5 Å². The summed E-state index contributed by atoms with van der Waals surface area (Å²) in [4.78, 5) is 44.7. The number of methoxy groups -OCH3 is 2. The van der Waals surface area contributed by atoms with E-state index in [-0.39, 0.29) is 38.4 Å². The number of carbonyl (C=O) groups excluding carboxylic acids is 3. The second kappa shape index (κ2) is 17.2. The van der Waals surface area contributed by atoms with Crippen LogP contribution in [0.2, 0.25) is 0 Å². The molecule has 0 aliphatic heterocycles. The predicted octanol–water partition coefficient (Wildman–Crippen LogP) is 4.38. The highest BCUT2D eigenvalue weighted by Gasteiger charge is 2.50. The van der Waals surface area contributed by atoms with Gasteiger partial charge in [-0.2, -0.15) is 17.6 Å². The summed E-state index contributed by atoms with van der Waals surface area (Å²) in [5.41, 5.74) is -3.88. The van der Waals surface area contributed by atoms with Gasteiger partial charge in [0.15, 0.2) is 11.6 Å². The summed E-state index contributed by atoms with van der Waals surface area (Å²) >= 11 is 0. The summed E-state index contributed by atoms with van der Waals surface area (Å²) in [6.45, 7) is 0.443. The Labute approximate surface area is 281 Å². The molecule has 1 fully saturated rings. The molecule has 1 heterocycles. The lowest BCUT2D eigenvalue weighted by Gasteiger charge is -2.43. The fraction of sp³-hybridized carbons (Fsp3) is 0.567. The molecular formula is C30H36F8N6O6. The van der Waals surface area contributed by atoms with E-state index in [4.69, 9.17) is 14.2 Å². The van der Waals surface area contributed by atoms with Gasteiger partial charge in [0.2, 0.25) is 17.6 Å². The number of nitrogens with one attached hydrogen (secondary N) is 1. The van der Waals surface area contributed by atoms with Crippen LogP contribution in [-0.2, 0) is 36.6 Å². The fourth-order valence-corrected chi connectivity index (χ4v) is 5.39.